The van der Waals surface area contributed by atoms with Crippen molar-refractivity contribution < 1.29 is 17.6 Å². The van der Waals surface area contributed by atoms with E-state index in [2.05, 4.69) is 16.5 Å². The highest BCUT2D eigenvalue weighted by atomic mass is 35.5. The van der Waals surface area contributed by atoms with E-state index in [4.69, 9.17) is 20.8 Å². The van der Waals surface area contributed by atoms with Crippen LogP contribution in [0.15, 0.2) is 28.0 Å². The molecule has 1 unspecified atom stereocenters. The lowest BCUT2D eigenvalue weighted by Gasteiger charge is -2.43. The van der Waals surface area contributed by atoms with E-state index >= 15 is 0 Å². The van der Waals surface area contributed by atoms with Gasteiger partial charge in [0.2, 0.25) is 15.9 Å². The smallest absolute Gasteiger partial charge is 0.248 e. The van der Waals surface area contributed by atoms with Crippen molar-refractivity contribution in [1.29, 1.82) is 0 Å². The van der Waals surface area contributed by atoms with Crippen molar-refractivity contribution in [2.24, 2.45) is 0 Å². The molecule has 4 rings (SSSR count). The normalized spacial score (nSPS) is 22.5. The van der Waals surface area contributed by atoms with E-state index in [0.29, 0.717) is 49.8 Å². The summed E-state index contributed by atoms with van der Waals surface area (Å²) in [6.07, 6.45) is 0. The number of fused-ring (bicyclic) bond motifs is 2. The minimum absolute atomic E-state index is 0.0261. The highest BCUT2D eigenvalue weighted by Gasteiger charge is 2.38. The summed E-state index contributed by atoms with van der Waals surface area (Å²) in [4.78, 5) is 6.55. The minimum atomic E-state index is -3.83. The zero-order valence-corrected chi connectivity index (χ0v) is 16.0. The number of aromatic nitrogens is 1. The zero-order chi connectivity index (χ0) is 18.5. The Morgan fingerprint density at radius 1 is 1.35 bits per heavy atom. The topological polar surface area (TPSA) is 75.9 Å². The van der Waals surface area contributed by atoms with Gasteiger partial charge in [-0.2, -0.15) is 4.31 Å². The first-order chi connectivity index (χ1) is 12.4. The van der Waals surface area contributed by atoms with E-state index in [1.165, 1.54) is 4.31 Å². The molecule has 9 heteroatoms. The summed E-state index contributed by atoms with van der Waals surface area (Å²) in [6, 6.07) is 3.26. The fourth-order valence-electron chi connectivity index (χ4n) is 3.43. The monoisotopic (exact) mass is 397 g/mol. The first-order valence-electron chi connectivity index (χ1n) is 8.45. The summed E-state index contributed by atoms with van der Waals surface area (Å²) in [5.74, 6) is 0.309. The number of rotatable bonds is 3. The quantitative estimate of drug-likeness (QED) is 0.790. The summed E-state index contributed by atoms with van der Waals surface area (Å²) in [5.41, 5.74) is 1.25. The van der Waals surface area contributed by atoms with Gasteiger partial charge in [-0.15, -0.1) is 0 Å². The maximum atomic E-state index is 13.3. The molecule has 2 fully saturated rings. The van der Waals surface area contributed by atoms with Gasteiger partial charge in [0.05, 0.1) is 18.2 Å². The number of piperazine rings is 1. The van der Waals surface area contributed by atoms with Gasteiger partial charge in [0.25, 0.3) is 0 Å². The van der Waals surface area contributed by atoms with E-state index < -0.39 is 10.0 Å². The molecule has 2 aromatic rings. The third-order valence-electron chi connectivity index (χ3n) is 4.83. The van der Waals surface area contributed by atoms with Gasteiger partial charge in [-0.1, -0.05) is 18.2 Å². The van der Waals surface area contributed by atoms with Crippen LogP contribution in [-0.4, -0.2) is 68.0 Å². The number of morpholine rings is 1. The summed E-state index contributed by atoms with van der Waals surface area (Å²) < 4.78 is 39.4. The Labute approximate surface area is 157 Å². The molecule has 26 heavy (non-hydrogen) atoms. The maximum Gasteiger partial charge on any atom is 0.248 e. The molecule has 0 amide bonds. The molecule has 2 aliphatic rings. The number of sulfonamides is 1. The summed E-state index contributed by atoms with van der Waals surface area (Å²) in [5, 5.41) is 0.129. The van der Waals surface area contributed by atoms with Gasteiger partial charge in [0.15, 0.2) is 5.58 Å². The Morgan fingerprint density at radius 3 is 2.92 bits per heavy atom. The molecule has 1 aromatic heterocycles. The second kappa shape index (κ2) is 6.61. The molecule has 2 saturated heterocycles. The van der Waals surface area contributed by atoms with Crippen LogP contribution in [0.5, 0.6) is 0 Å². The van der Waals surface area contributed by atoms with Gasteiger partial charge in [-0.25, -0.2) is 13.4 Å². The van der Waals surface area contributed by atoms with Crippen molar-refractivity contribution in [3.05, 3.63) is 29.6 Å². The summed E-state index contributed by atoms with van der Waals surface area (Å²) in [7, 11) is -3.83. The molecule has 7 nitrogen and oxygen atoms in total. The average molecular weight is 398 g/mol. The van der Waals surface area contributed by atoms with E-state index in [0.717, 1.165) is 6.54 Å². The molecule has 0 bridgehead atoms. The van der Waals surface area contributed by atoms with Crippen LogP contribution >= 0.6 is 11.6 Å². The van der Waals surface area contributed by atoms with E-state index in [1.54, 1.807) is 19.1 Å². The fourth-order valence-corrected chi connectivity index (χ4v) is 5.52. The van der Waals surface area contributed by atoms with Crippen molar-refractivity contribution in [1.82, 2.24) is 14.2 Å². The fraction of sp³-hybridized carbons (Fsp3) is 0.471. The zero-order valence-electron chi connectivity index (χ0n) is 14.4. The summed E-state index contributed by atoms with van der Waals surface area (Å²) in [6.45, 7) is 9.07. The second-order valence-electron chi connectivity index (χ2n) is 6.65. The van der Waals surface area contributed by atoms with Crippen LogP contribution in [0.25, 0.3) is 16.7 Å². The predicted molar refractivity (Wildman–Crippen MR) is 98.7 cm³/mol. The molecule has 0 spiro atoms. The van der Waals surface area contributed by atoms with Crippen LogP contribution in [0, 0.1) is 0 Å². The lowest BCUT2D eigenvalue weighted by atomic mass is 10.2. The SMILES string of the molecule is C=C(C)c1nc2ccc(Cl)c(S(=O)(=O)N3CCN4CCOCC4C3)c2o1. The number of oxazole rings is 1. The second-order valence-corrected chi connectivity index (χ2v) is 8.93. The van der Waals surface area contributed by atoms with Crippen molar-refractivity contribution in [3.8, 4) is 0 Å². The van der Waals surface area contributed by atoms with Crippen LogP contribution in [0.3, 0.4) is 0 Å². The lowest BCUT2D eigenvalue weighted by molar-refractivity contribution is -0.0304. The largest absolute Gasteiger partial charge is 0.435 e. The van der Waals surface area contributed by atoms with Gasteiger partial charge in [-0.05, 0) is 19.1 Å². The van der Waals surface area contributed by atoms with Gasteiger partial charge < -0.3 is 9.15 Å². The third kappa shape index (κ3) is 2.95. The highest BCUT2D eigenvalue weighted by molar-refractivity contribution is 7.89. The summed E-state index contributed by atoms with van der Waals surface area (Å²) >= 11 is 6.28. The Bertz CT molecular complexity index is 972. The molecule has 140 valence electrons. The van der Waals surface area contributed by atoms with Gasteiger partial charge in [0.1, 0.15) is 10.4 Å². The van der Waals surface area contributed by atoms with Crippen LogP contribution in [-0.2, 0) is 14.8 Å². The van der Waals surface area contributed by atoms with Crippen LogP contribution < -0.4 is 0 Å². The van der Waals surface area contributed by atoms with Crippen molar-refractivity contribution in [3.63, 3.8) is 0 Å². The first-order valence-corrected chi connectivity index (χ1v) is 10.3. The Hall–Kier alpha value is -1.45. The molecular weight excluding hydrogens is 378 g/mol. The van der Waals surface area contributed by atoms with Gasteiger partial charge in [-0.3, -0.25) is 4.90 Å². The van der Waals surface area contributed by atoms with E-state index in [1.807, 2.05) is 0 Å². The van der Waals surface area contributed by atoms with Crippen molar-refractivity contribution in [2.45, 2.75) is 17.9 Å². The molecule has 1 atom stereocenters. The van der Waals surface area contributed by atoms with E-state index in [9.17, 15) is 8.42 Å². The molecule has 2 aliphatic heterocycles. The Kier molecular flexibility index (Phi) is 4.56. The van der Waals surface area contributed by atoms with Gasteiger partial charge in [0, 0.05) is 37.8 Å². The molecule has 0 N–H and O–H groups in total. The highest BCUT2D eigenvalue weighted by Crippen LogP contribution is 2.35. The molecule has 3 heterocycles. The van der Waals surface area contributed by atoms with Crippen molar-refractivity contribution >= 4 is 38.3 Å². The van der Waals surface area contributed by atoms with Crippen LogP contribution in [0.2, 0.25) is 5.02 Å². The number of hydrogen-bond acceptors (Lipinski definition) is 6. The lowest BCUT2D eigenvalue weighted by Crippen LogP contribution is -2.59. The van der Waals surface area contributed by atoms with Crippen molar-refractivity contribution in [2.75, 3.05) is 39.4 Å². The number of benzene rings is 1. The predicted octanol–water partition coefficient (Wildman–Crippen LogP) is 2.22. The van der Waals surface area contributed by atoms with Gasteiger partial charge >= 0.3 is 0 Å². The average Bonchev–Trinajstić information content (AvgIpc) is 3.05. The number of allylic oxidation sites excluding steroid dienone is 1. The Balaban J connectivity index is 1.76. The Morgan fingerprint density at radius 2 is 2.15 bits per heavy atom. The van der Waals surface area contributed by atoms with E-state index in [-0.39, 0.29) is 21.5 Å². The van der Waals surface area contributed by atoms with Crippen LogP contribution in [0.4, 0.5) is 0 Å². The molecule has 0 aliphatic carbocycles. The van der Waals surface area contributed by atoms with Crippen LogP contribution in [0.1, 0.15) is 12.8 Å². The molecule has 1 aromatic carbocycles. The number of nitrogens with zero attached hydrogens (tertiary/aromatic N) is 3. The standard InChI is InChI=1S/C17H20ClN3O4S/c1-11(2)17-19-14-4-3-13(18)16(15(14)25-17)26(22,23)21-6-5-20-7-8-24-10-12(20)9-21/h3-4,12H,1,5-10H2,2H3. The number of halogens is 1. The number of ether oxygens (including phenoxy) is 1. The molecular formula is C17H20ClN3O4S. The first kappa shape index (κ1) is 17.9. The molecule has 0 radical (unpaired) electrons. The maximum absolute atomic E-state index is 13.3. The third-order valence-corrected chi connectivity index (χ3v) is 7.19. The minimum Gasteiger partial charge on any atom is -0.435 e. The number of hydrogen-bond donors (Lipinski definition) is 0. The molecule has 0 saturated carbocycles.